The van der Waals surface area contributed by atoms with Crippen molar-refractivity contribution in [3.05, 3.63) is 35.4 Å². The molecule has 0 heterocycles. The lowest BCUT2D eigenvalue weighted by molar-refractivity contribution is -0.123. The zero-order valence-electron chi connectivity index (χ0n) is 12.9. The van der Waals surface area contributed by atoms with E-state index in [-0.39, 0.29) is 11.8 Å². The second-order valence-corrected chi connectivity index (χ2v) is 5.93. The third kappa shape index (κ3) is 5.08. The number of hydrogen-bond acceptors (Lipinski definition) is 2. The quantitative estimate of drug-likeness (QED) is 0.813. The SMILES string of the molecule is CC(C)C(C)(CN)NC(=O)CCCc1ccc(F)c(F)c1. The molecule has 3 nitrogen and oxygen atoms in total. The monoisotopic (exact) mass is 298 g/mol. The topological polar surface area (TPSA) is 55.1 Å². The van der Waals surface area contributed by atoms with Crippen molar-refractivity contribution in [1.29, 1.82) is 0 Å². The van der Waals surface area contributed by atoms with Gasteiger partial charge in [-0.1, -0.05) is 19.9 Å². The summed E-state index contributed by atoms with van der Waals surface area (Å²) in [6.07, 6.45) is 1.45. The van der Waals surface area contributed by atoms with E-state index in [1.165, 1.54) is 12.1 Å². The molecule has 1 aromatic carbocycles. The van der Waals surface area contributed by atoms with E-state index >= 15 is 0 Å². The number of halogens is 2. The Hall–Kier alpha value is -1.49. The maximum absolute atomic E-state index is 13.1. The van der Waals surface area contributed by atoms with E-state index in [9.17, 15) is 13.6 Å². The van der Waals surface area contributed by atoms with Gasteiger partial charge in [-0.3, -0.25) is 4.79 Å². The minimum atomic E-state index is -0.855. The van der Waals surface area contributed by atoms with Gasteiger partial charge in [0, 0.05) is 13.0 Å². The number of hydrogen-bond donors (Lipinski definition) is 2. The second-order valence-electron chi connectivity index (χ2n) is 5.93. The fourth-order valence-electron chi connectivity index (χ4n) is 1.96. The van der Waals surface area contributed by atoms with Crippen molar-refractivity contribution < 1.29 is 13.6 Å². The van der Waals surface area contributed by atoms with Crippen molar-refractivity contribution in [2.75, 3.05) is 6.54 Å². The molecule has 0 saturated carbocycles. The molecule has 0 fully saturated rings. The molecule has 1 amide bonds. The molecule has 0 aliphatic carbocycles. The van der Waals surface area contributed by atoms with Gasteiger partial charge in [0.25, 0.3) is 0 Å². The van der Waals surface area contributed by atoms with Crippen molar-refractivity contribution in [2.45, 2.75) is 45.6 Å². The summed E-state index contributed by atoms with van der Waals surface area (Å²) < 4.78 is 25.9. The summed E-state index contributed by atoms with van der Waals surface area (Å²) in [4.78, 5) is 11.9. The Labute approximate surface area is 124 Å². The average molecular weight is 298 g/mol. The molecule has 0 aliphatic heterocycles. The number of amides is 1. The minimum Gasteiger partial charge on any atom is -0.349 e. The molecule has 1 rings (SSSR count). The maximum Gasteiger partial charge on any atom is 0.220 e. The molecule has 3 N–H and O–H groups in total. The molecule has 21 heavy (non-hydrogen) atoms. The maximum atomic E-state index is 13.1. The first-order chi connectivity index (χ1) is 9.78. The van der Waals surface area contributed by atoms with E-state index < -0.39 is 17.2 Å². The van der Waals surface area contributed by atoms with Crippen LogP contribution in [0.1, 0.15) is 39.2 Å². The van der Waals surface area contributed by atoms with E-state index in [4.69, 9.17) is 5.73 Å². The molecule has 118 valence electrons. The Kier molecular flexibility index (Phi) is 6.27. The Bertz CT molecular complexity index is 491. The van der Waals surface area contributed by atoms with Gasteiger partial charge < -0.3 is 11.1 Å². The third-order valence-electron chi connectivity index (χ3n) is 3.98. The molecular weight excluding hydrogens is 274 g/mol. The number of aryl methyl sites for hydroxylation is 1. The molecule has 0 aliphatic rings. The fourth-order valence-corrected chi connectivity index (χ4v) is 1.96. The van der Waals surface area contributed by atoms with Gasteiger partial charge in [0.15, 0.2) is 11.6 Å². The van der Waals surface area contributed by atoms with Crippen LogP contribution < -0.4 is 11.1 Å². The molecule has 0 bridgehead atoms. The van der Waals surface area contributed by atoms with Crippen LogP contribution in [-0.4, -0.2) is 18.0 Å². The Morgan fingerprint density at radius 1 is 1.33 bits per heavy atom. The minimum absolute atomic E-state index is 0.0702. The van der Waals surface area contributed by atoms with Crippen LogP contribution in [0.25, 0.3) is 0 Å². The molecule has 1 atom stereocenters. The van der Waals surface area contributed by atoms with Gasteiger partial charge >= 0.3 is 0 Å². The van der Waals surface area contributed by atoms with E-state index in [2.05, 4.69) is 5.32 Å². The van der Waals surface area contributed by atoms with Gasteiger partial charge in [-0.2, -0.15) is 0 Å². The van der Waals surface area contributed by atoms with Crippen LogP contribution in [0.15, 0.2) is 18.2 Å². The Balaban J connectivity index is 2.45. The summed E-state index contributed by atoms with van der Waals surface area (Å²) in [5.41, 5.74) is 5.98. The lowest BCUT2D eigenvalue weighted by Gasteiger charge is -2.33. The zero-order valence-corrected chi connectivity index (χ0v) is 12.9. The van der Waals surface area contributed by atoms with Crippen LogP contribution in [-0.2, 0) is 11.2 Å². The first-order valence-corrected chi connectivity index (χ1v) is 7.23. The first-order valence-electron chi connectivity index (χ1n) is 7.23. The number of carbonyl (C=O) groups is 1. The van der Waals surface area contributed by atoms with Gasteiger partial charge in [0.1, 0.15) is 0 Å². The van der Waals surface area contributed by atoms with Crippen LogP contribution in [0.3, 0.4) is 0 Å². The molecule has 1 aromatic rings. The summed E-state index contributed by atoms with van der Waals surface area (Å²) in [5, 5.41) is 2.95. The number of nitrogens with two attached hydrogens (primary N) is 1. The number of carbonyl (C=O) groups excluding carboxylic acids is 1. The number of rotatable bonds is 7. The first kappa shape index (κ1) is 17.6. The third-order valence-corrected chi connectivity index (χ3v) is 3.98. The molecule has 0 aromatic heterocycles. The van der Waals surface area contributed by atoms with Gasteiger partial charge in [-0.05, 0) is 43.4 Å². The highest BCUT2D eigenvalue weighted by Gasteiger charge is 2.28. The predicted octanol–water partition coefficient (Wildman–Crippen LogP) is 2.78. The normalized spacial score (nSPS) is 14.0. The summed E-state index contributed by atoms with van der Waals surface area (Å²) in [6.45, 7) is 6.31. The smallest absolute Gasteiger partial charge is 0.220 e. The largest absolute Gasteiger partial charge is 0.349 e. The molecule has 0 spiro atoms. The summed E-state index contributed by atoms with van der Waals surface area (Å²) in [5.74, 6) is -1.54. The van der Waals surface area contributed by atoms with Gasteiger partial charge in [0.2, 0.25) is 5.91 Å². The lowest BCUT2D eigenvalue weighted by Crippen LogP contribution is -2.54. The summed E-state index contributed by atoms with van der Waals surface area (Å²) in [6, 6.07) is 3.81. The van der Waals surface area contributed by atoms with Gasteiger partial charge in [0.05, 0.1) is 5.54 Å². The molecule has 0 saturated heterocycles. The van der Waals surface area contributed by atoms with Crippen LogP contribution >= 0.6 is 0 Å². The van der Waals surface area contributed by atoms with Crippen LogP contribution in [0.5, 0.6) is 0 Å². The van der Waals surface area contributed by atoms with Crippen LogP contribution in [0, 0.1) is 17.6 Å². The standard InChI is InChI=1S/C16H24F2N2O/c1-11(2)16(3,10-19)20-15(21)6-4-5-12-7-8-13(17)14(18)9-12/h7-9,11H,4-6,10,19H2,1-3H3,(H,20,21). The highest BCUT2D eigenvalue weighted by atomic mass is 19.2. The molecule has 1 unspecified atom stereocenters. The predicted molar refractivity (Wildman–Crippen MR) is 79.7 cm³/mol. The Morgan fingerprint density at radius 3 is 2.52 bits per heavy atom. The average Bonchev–Trinajstić information content (AvgIpc) is 2.42. The van der Waals surface area contributed by atoms with Gasteiger partial charge in [-0.15, -0.1) is 0 Å². The van der Waals surface area contributed by atoms with Crippen LogP contribution in [0.4, 0.5) is 8.78 Å². The van der Waals surface area contributed by atoms with Crippen molar-refractivity contribution >= 4 is 5.91 Å². The lowest BCUT2D eigenvalue weighted by atomic mass is 9.88. The summed E-state index contributed by atoms with van der Waals surface area (Å²) >= 11 is 0. The van der Waals surface area contributed by atoms with E-state index in [1.807, 2.05) is 20.8 Å². The fraction of sp³-hybridized carbons (Fsp3) is 0.562. The highest BCUT2D eigenvalue weighted by molar-refractivity contribution is 5.76. The second kappa shape index (κ2) is 7.50. The van der Waals surface area contributed by atoms with E-state index in [0.717, 1.165) is 6.07 Å². The summed E-state index contributed by atoms with van der Waals surface area (Å²) in [7, 11) is 0. The van der Waals surface area contributed by atoms with Crippen molar-refractivity contribution in [3.63, 3.8) is 0 Å². The molecule has 5 heteroatoms. The van der Waals surface area contributed by atoms with Crippen LogP contribution in [0.2, 0.25) is 0 Å². The highest BCUT2D eigenvalue weighted by Crippen LogP contribution is 2.16. The van der Waals surface area contributed by atoms with Gasteiger partial charge in [-0.25, -0.2) is 8.78 Å². The molecular formula is C16H24F2N2O. The van der Waals surface area contributed by atoms with E-state index in [0.29, 0.717) is 31.4 Å². The Morgan fingerprint density at radius 2 is 2.00 bits per heavy atom. The number of benzene rings is 1. The van der Waals surface area contributed by atoms with Crippen molar-refractivity contribution in [2.24, 2.45) is 11.7 Å². The zero-order chi connectivity index (χ0) is 16.0. The number of nitrogens with one attached hydrogen (secondary N) is 1. The van der Waals surface area contributed by atoms with E-state index in [1.54, 1.807) is 0 Å². The molecule has 0 radical (unpaired) electrons. The van der Waals surface area contributed by atoms with Crippen molar-refractivity contribution in [3.8, 4) is 0 Å². The van der Waals surface area contributed by atoms with Crippen molar-refractivity contribution in [1.82, 2.24) is 5.32 Å².